The number of carbonyl (C=O) groups is 2. The minimum Gasteiger partial charge on any atom is -0.458 e. The Balaban J connectivity index is 1.88. The lowest BCUT2D eigenvalue weighted by Gasteiger charge is -2.34. The number of aromatic nitrogens is 1. The number of hydrogen-bond donors (Lipinski definition) is 3. The van der Waals surface area contributed by atoms with E-state index in [9.17, 15) is 24.9 Å². The zero-order valence-electron chi connectivity index (χ0n) is 23.0. The van der Waals surface area contributed by atoms with Crippen molar-refractivity contribution in [2.45, 2.75) is 104 Å². The van der Waals surface area contributed by atoms with E-state index >= 15 is 0 Å². The average molecular weight is 537 g/mol. The lowest BCUT2D eigenvalue weighted by molar-refractivity contribution is -0.154. The van der Waals surface area contributed by atoms with Gasteiger partial charge in [0.15, 0.2) is 0 Å². The summed E-state index contributed by atoms with van der Waals surface area (Å²) < 4.78 is 5.94. The maximum absolute atomic E-state index is 13.3. The molecule has 0 bridgehead atoms. The SMILES string of the molecule is C/C(=C/c1csc(C)n1)[C@@H]1C[C@H]2[C@@H](CCC[C@H](C)[C@H](O)[C@@H](C)C(=O)C(C)(C)[C@@H](O)CC(=O)O1)N2CCO. The number of ketones is 1. The Morgan fingerprint density at radius 3 is 2.57 bits per heavy atom. The summed E-state index contributed by atoms with van der Waals surface area (Å²) in [5.41, 5.74) is 0.467. The van der Waals surface area contributed by atoms with Gasteiger partial charge in [0.1, 0.15) is 11.9 Å². The van der Waals surface area contributed by atoms with Crippen molar-refractivity contribution < 1.29 is 29.6 Å². The first-order chi connectivity index (χ1) is 17.4. The van der Waals surface area contributed by atoms with Gasteiger partial charge in [-0.1, -0.05) is 34.1 Å². The van der Waals surface area contributed by atoms with Crippen molar-refractivity contribution in [3.63, 3.8) is 0 Å². The summed E-state index contributed by atoms with van der Waals surface area (Å²) in [6, 6.07) is 0.434. The Hall–Kier alpha value is -1.65. The highest BCUT2D eigenvalue weighted by atomic mass is 32.1. The van der Waals surface area contributed by atoms with E-state index in [0.717, 1.165) is 35.5 Å². The van der Waals surface area contributed by atoms with Crippen LogP contribution in [0.15, 0.2) is 11.0 Å². The maximum Gasteiger partial charge on any atom is 0.309 e. The van der Waals surface area contributed by atoms with Crippen LogP contribution in [0.5, 0.6) is 0 Å². The standard InChI is InChI=1S/C28H44N2O6S/c1-16-8-7-9-21-22(30(21)10-11-31)13-23(17(2)12-20-15-37-19(4)29-20)36-25(33)14-24(32)28(5,6)27(35)18(3)26(16)34/h12,15-16,18,21-24,26,31-32,34H,7-11,13-14H2,1-6H3/b17-12-/t16-,18+,21+,22-,23-,24-,26-,30?/m0/s1. The van der Waals surface area contributed by atoms with Gasteiger partial charge in [0.25, 0.3) is 0 Å². The highest BCUT2D eigenvalue weighted by Crippen LogP contribution is 2.39. The molecule has 1 aromatic rings. The molecule has 3 heterocycles. The zero-order chi connectivity index (χ0) is 27.5. The number of aliphatic hydroxyl groups excluding tert-OH is 3. The predicted octanol–water partition coefficient (Wildman–Crippen LogP) is 3.37. The van der Waals surface area contributed by atoms with Crippen molar-refractivity contribution >= 4 is 29.2 Å². The monoisotopic (exact) mass is 536 g/mol. The molecule has 3 N–H and O–H groups in total. The van der Waals surface area contributed by atoms with Crippen LogP contribution in [0.1, 0.15) is 77.4 Å². The first-order valence-electron chi connectivity index (χ1n) is 13.4. The largest absolute Gasteiger partial charge is 0.458 e. The van der Waals surface area contributed by atoms with E-state index in [1.165, 1.54) is 0 Å². The fraction of sp³-hybridized carbons (Fsp3) is 0.750. The number of Topliss-reactive ketones (excluding diaryl/α,β-unsaturated/α-hetero) is 1. The topological polar surface area (TPSA) is 120 Å². The Kier molecular flexibility index (Phi) is 10.1. The number of nitrogens with zero attached hydrogens (tertiary/aromatic N) is 2. The molecule has 1 unspecified atom stereocenters. The number of esters is 1. The summed E-state index contributed by atoms with van der Waals surface area (Å²) in [4.78, 5) is 33.1. The van der Waals surface area contributed by atoms with Crippen LogP contribution in [0.2, 0.25) is 0 Å². The Labute approximate surface area is 224 Å². The van der Waals surface area contributed by atoms with Crippen molar-refractivity contribution in [1.82, 2.24) is 9.88 Å². The fourth-order valence-corrected chi connectivity index (χ4v) is 6.22. The number of β-amino-alcohol motifs (C(OH)–C–C–N with tert-alkyl or cyclic N) is 1. The molecule has 9 heteroatoms. The smallest absolute Gasteiger partial charge is 0.309 e. The van der Waals surface area contributed by atoms with Crippen LogP contribution >= 0.6 is 11.3 Å². The average Bonchev–Trinajstić information content (AvgIpc) is 3.29. The lowest BCUT2D eigenvalue weighted by atomic mass is 9.73. The number of aryl methyl sites for hydroxylation is 1. The molecule has 2 fully saturated rings. The van der Waals surface area contributed by atoms with Crippen molar-refractivity contribution in [2.24, 2.45) is 17.3 Å². The van der Waals surface area contributed by atoms with Gasteiger partial charge in [0.2, 0.25) is 0 Å². The van der Waals surface area contributed by atoms with Crippen LogP contribution < -0.4 is 0 Å². The summed E-state index contributed by atoms with van der Waals surface area (Å²) in [6.45, 7) is 11.4. The van der Waals surface area contributed by atoms with E-state index < -0.39 is 35.6 Å². The number of fused-ring (bicyclic) bond motifs is 1. The normalized spacial score (nSPS) is 36.1. The number of carbonyl (C=O) groups excluding carboxylic acids is 2. The second kappa shape index (κ2) is 12.5. The second-order valence-electron chi connectivity index (χ2n) is 11.5. The van der Waals surface area contributed by atoms with Gasteiger partial charge in [0.05, 0.1) is 41.4 Å². The van der Waals surface area contributed by atoms with E-state index in [2.05, 4.69) is 9.88 Å². The van der Waals surface area contributed by atoms with Gasteiger partial charge < -0.3 is 20.1 Å². The molecule has 0 saturated carbocycles. The van der Waals surface area contributed by atoms with Crippen LogP contribution in [0.3, 0.4) is 0 Å². The third-order valence-corrected chi connectivity index (χ3v) is 9.10. The summed E-state index contributed by atoms with van der Waals surface area (Å²) in [6.07, 6.45) is 2.19. The molecule has 2 aliphatic heterocycles. The minimum absolute atomic E-state index is 0.0559. The van der Waals surface area contributed by atoms with E-state index in [4.69, 9.17) is 4.74 Å². The van der Waals surface area contributed by atoms with Gasteiger partial charge in [-0.25, -0.2) is 4.98 Å². The summed E-state index contributed by atoms with van der Waals surface area (Å²) in [5, 5.41) is 34.3. The highest BCUT2D eigenvalue weighted by Gasteiger charge is 2.48. The molecule has 208 valence electrons. The first kappa shape index (κ1) is 29.9. The highest BCUT2D eigenvalue weighted by molar-refractivity contribution is 7.09. The summed E-state index contributed by atoms with van der Waals surface area (Å²) >= 11 is 1.55. The molecule has 8 atom stereocenters. The molecular formula is C28H44N2O6S. The molecule has 2 saturated heterocycles. The molecule has 0 aliphatic carbocycles. The molecule has 3 rings (SSSR count). The van der Waals surface area contributed by atoms with Crippen molar-refractivity contribution in [1.29, 1.82) is 0 Å². The molecule has 1 aromatic heterocycles. The van der Waals surface area contributed by atoms with Crippen LogP contribution in [-0.4, -0.2) is 80.5 Å². The van der Waals surface area contributed by atoms with Gasteiger partial charge >= 0.3 is 5.97 Å². The second-order valence-corrected chi connectivity index (χ2v) is 12.5. The van der Waals surface area contributed by atoms with Crippen LogP contribution in [0.4, 0.5) is 0 Å². The number of cyclic esters (lactones) is 1. The number of hydrogen-bond acceptors (Lipinski definition) is 9. The molecule has 2 aliphatic rings. The Morgan fingerprint density at radius 1 is 1.24 bits per heavy atom. The Morgan fingerprint density at radius 2 is 1.95 bits per heavy atom. The van der Waals surface area contributed by atoms with E-state index in [1.54, 1.807) is 32.1 Å². The molecule has 8 nitrogen and oxygen atoms in total. The van der Waals surface area contributed by atoms with Crippen molar-refractivity contribution in [2.75, 3.05) is 13.2 Å². The van der Waals surface area contributed by atoms with Gasteiger partial charge in [-0.2, -0.15) is 0 Å². The summed E-state index contributed by atoms with van der Waals surface area (Å²) in [7, 11) is 0. The van der Waals surface area contributed by atoms with Gasteiger partial charge in [0, 0.05) is 36.3 Å². The summed E-state index contributed by atoms with van der Waals surface area (Å²) in [5.74, 6) is -1.57. The number of aliphatic hydroxyl groups is 3. The first-order valence-corrected chi connectivity index (χ1v) is 14.3. The molecule has 0 aromatic carbocycles. The van der Waals surface area contributed by atoms with Crippen molar-refractivity contribution in [3.8, 4) is 0 Å². The minimum atomic E-state index is -1.24. The molecule has 0 spiro atoms. The third-order valence-electron chi connectivity index (χ3n) is 8.31. The lowest BCUT2D eigenvalue weighted by Crippen LogP contribution is -2.45. The molecular weight excluding hydrogens is 492 g/mol. The molecule has 0 radical (unpaired) electrons. The van der Waals surface area contributed by atoms with Crippen LogP contribution in [0, 0.1) is 24.2 Å². The van der Waals surface area contributed by atoms with Crippen molar-refractivity contribution in [3.05, 3.63) is 21.7 Å². The maximum atomic E-state index is 13.3. The van der Waals surface area contributed by atoms with E-state index in [0.29, 0.717) is 13.0 Å². The predicted molar refractivity (Wildman–Crippen MR) is 144 cm³/mol. The zero-order valence-corrected chi connectivity index (χ0v) is 23.8. The van der Waals surface area contributed by atoms with Gasteiger partial charge in [-0.05, 0) is 44.3 Å². The quantitative estimate of drug-likeness (QED) is 0.396. The third kappa shape index (κ3) is 7.26. The van der Waals surface area contributed by atoms with Crippen LogP contribution in [-0.2, 0) is 14.3 Å². The Bertz CT molecular complexity index is 976. The fourth-order valence-electron chi connectivity index (χ4n) is 5.65. The number of thiazole rings is 1. The van der Waals surface area contributed by atoms with E-state index in [1.807, 2.05) is 32.2 Å². The van der Waals surface area contributed by atoms with E-state index in [-0.39, 0.29) is 36.8 Å². The number of rotatable bonds is 4. The molecule has 0 amide bonds. The van der Waals surface area contributed by atoms with Crippen LogP contribution in [0.25, 0.3) is 6.08 Å². The number of ether oxygens (including phenoxy) is 1. The van der Waals surface area contributed by atoms with Gasteiger partial charge in [-0.15, -0.1) is 11.3 Å². The molecule has 37 heavy (non-hydrogen) atoms. The van der Waals surface area contributed by atoms with Gasteiger partial charge in [-0.3, -0.25) is 14.5 Å².